The molecule has 0 N–H and O–H groups in total. The maximum absolute atomic E-state index is 6.67. The number of para-hydroxylation sites is 5. The zero-order valence-electron chi connectivity index (χ0n) is 59.0. The van der Waals surface area contributed by atoms with Crippen molar-refractivity contribution in [3.63, 3.8) is 0 Å². The summed E-state index contributed by atoms with van der Waals surface area (Å²) in [5, 5.41) is 11.0. The minimum atomic E-state index is 0.568. The fourth-order valence-corrected chi connectivity index (χ4v) is 16.5. The van der Waals surface area contributed by atoms with Crippen molar-refractivity contribution in [2.45, 2.75) is 0 Å². The van der Waals surface area contributed by atoms with Crippen LogP contribution in [0.15, 0.2) is 373 Å². The largest absolute Gasteiger partial charge is 0.456 e. The highest BCUT2D eigenvalue weighted by Crippen LogP contribution is 2.46. The molecule has 0 atom stereocenters. The summed E-state index contributed by atoms with van der Waals surface area (Å²) in [5.41, 5.74) is 23.6. The average molecular weight is 1410 g/mol. The van der Waals surface area contributed by atoms with Crippen LogP contribution in [-0.2, 0) is 0 Å². The van der Waals surface area contributed by atoms with E-state index in [2.05, 4.69) is 270 Å². The molecular formula is C100H60N8O2. The molecule has 16 aromatic carbocycles. The van der Waals surface area contributed by atoms with Crippen molar-refractivity contribution < 1.29 is 8.83 Å². The quantitative estimate of drug-likeness (QED) is 0.119. The van der Waals surface area contributed by atoms with Crippen LogP contribution in [0.3, 0.4) is 0 Å². The summed E-state index contributed by atoms with van der Waals surface area (Å²) in [6.07, 6.45) is 0. The lowest BCUT2D eigenvalue weighted by molar-refractivity contribution is 0.669. The van der Waals surface area contributed by atoms with Gasteiger partial charge in [-0.25, -0.2) is 29.9 Å². The average Bonchev–Trinajstić information content (AvgIpc) is 1.53. The lowest BCUT2D eigenvalue weighted by atomic mass is 9.90. The molecule has 22 rings (SSSR count). The smallest absolute Gasteiger partial charge is 0.164 e. The summed E-state index contributed by atoms with van der Waals surface area (Å²) in [5.74, 6) is 3.55. The molecule has 0 unspecified atom stereocenters. The number of benzene rings is 16. The molecule has 0 amide bonds. The Morgan fingerprint density at radius 2 is 0.609 bits per heavy atom. The molecule has 0 aliphatic rings. The molecule has 0 spiro atoms. The van der Waals surface area contributed by atoms with Crippen LogP contribution in [0.5, 0.6) is 0 Å². The van der Waals surface area contributed by atoms with E-state index in [1.165, 1.54) is 0 Å². The Morgan fingerprint density at radius 1 is 0.182 bits per heavy atom. The van der Waals surface area contributed by atoms with Gasteiger partial charge < -0.3 is 18.0 Å². The molecule has 0 saturated carbocycles. The first-order valence-corrected chi connectivity index (χ1v) is 37.0. The Morgan fingerprint density at radius 3 is 1.29 bits per heavy atom. The maximum Gasteiger partial charge on any atom is 0.164 e. The third-order valence-corrected chi connectivity index (χ3v) is 21.7. The van der Waals surface area contributed by atoms with Crippen molar-refractivity contribution in [2.75, 3.05) is 0 Å². The van der Waals surface area contributed by atoms with E-state index in [4.69, 9.17) is 38.7 Å². The first kappa shape index (κ1) is 62.4. The highest BCUT2D eigenvalue weighted by atomic mass is 16.3. The highest BCUT2D eigenvalue weighted by Gasteiger charge is 2.25. The summed E-state index contributed by atoms with van der Waals surface area (Å²) in [4.78, 5) is 31.3. The van der Waals surface area contributed by atoms with Crippen molar-refractivity contribution in [3.05, 3.63) is 364 Å². The first-order valence-electron chi connectivity index (χ1n) is 37.0. The van der Waals surface area contributed by atoms with Crippen LogP contribution in [0, 0.1) is 0 Å². The SMILES string of the molecule is c1ccc(-c2nc(-c3ccc(-c4cccc(-c5cc6c7ccccc7n(-c7ccc(-c8nc(-c9ccccc9)nc(-c9ccccc9)n8)c8ccccc78)c6cc5-c5ccc6c(c5)oc5ccccc56)c4)cc3)nc(-c3cccc(-n4c5ccccc5c5ccc(-c6cccc7c6oc6ccccc67)cc54)c3)n2)cc1. The molecule has 10 heteroatoms. The monoisotopic (exact) mass is 1400 g/mol. The molecular weight excluding hydrogens is 1350 g/mol. The fourth-order valence-electron chi connectivity index (χ4n) is 16.5. The van der Waals surface area contributed by atoms with Crippen molar-refractivity contribution in [2.24, 2.45) is 0 Å². The third kappa shape index (κ3) is 10.4. The van der Waals surface area contributed by atoms with Gasteiger partial charge in [-0.2, -0.15) is 0 Å². The van der Waals surface area contributed by atoms with Crippen LogP contribution in [0.4, 0.5) is 0 Å². The lowest BCUT2D eigenvalue weighted by Gasteiger charge is -2.17. The topological polar surface area (TPSA) is 113 Å². The van der Waals surface area contributed by atoms with Gasteiger partial charge in [0.25, 0.3) is 0 Å². The van der Waals surface area contributed by atoms with Crippen LogP contribution in [0.25, 0.3) is 222 Å². The van der Waals surface area contributed by atoms with E-state index in [0.29, 0.717) is 34.9 Å². The van der Waals surface area contributed by atoms with Crippen LogP contribution >= 0.6 is 0 Å². The van der Waals surface area contributed by atoms with E-state index in [1.54, 1.807) is 0 Å². The van der Waals surface area contributed by atoms with Crippen LogP contribution < -0.4 is 0 Å². The number of hydrogen-bond donors (Lipinski definition) is 0. The summed E-state index contributed by atoms with van der Waals surface area (Å²) in [6.45, 7) is 0. The Balaban J connectivity index is 0.653. The molecule has 110 heavy (non-hydrogen) atoms. The number of nitrogens with zero attached hydrogens (tertiary/aromatic N) is 8. The van der Waals surface area contributed by atoms with E-state index in [1.807, 2.05) is 103 Å². The van der Waals surface area contributed by atoms with Gasteiger partial charge in [0.05, 0.1) is 27.8 Å². The summed E-state index contributed by atoms with van der Waals surface area (Å²) in [7, 11) is 0. The summed E-state index contributed by atoms with van der Waals surface area (Å²) >= 11 is 0. The third-order valence-electron chi connectivity index (χ3n) is 21.7. The Kier molecular flexibility index (Phi) is 14.4. The zero-order valence-corrected chi connectivity index (χ0v) is 59.0. The van der Waals surface area contributed by atoms with E-state index < -0.39 is 0 Å². The van der Waals surface area contributed by atoms with E-state index >= 15 is 0 Å². The number of hydrogen-bond acceptors (Lipinski definition) is 8. The molecule has 0 bridgehead atoms. The zero-order chi connectivity index (χ0) is 72.3. The number of aromatic nitrogens is 8. The van der Waals surface area contributed by atoms with Gasteiger partial charge in [-0.15, -0.1) is 0 Å². The standard InChI is InChI=1S/C100H60N8O2/c1-4-23-62(24-5-1)95-101-98(104-99(103-95)70-31-21-32-71(56-70)107-86-41-16-12-35-75(86)77-51-49-68(57-89(77)107)72-39-22-40-81-79-38-15-19-44-92(79)110-94(72)81)65-47-45-61(46-48-65)66-29-20-30-67(55-66)83-59-85-76-36-13-17-42-87(76)108(90(85)60-84(83)69-50-52-80-78-37-14-18-43-91(78)109-93(80)58-69)88-54-53-82(73-33-10-11-34-74(73)88)100-105-96(63-25-6-2-7-26-63)102-97(106-100)64-27-8-3-9-28-64/h1-60H. The Hall–Kier alpha value is -15.0. The Labute approximate surface area is 630 Å². The molecule has 512 valence electrons. The van der Waals surface area contributed by atoms with Gasteiger partial charge >= 0.3 is 0 Å². The maximum atomic E-state index is 6.67. The van der Waals surface area contributed by atoms with E-state index in [0.717, 1.165) is 188 Å². The summed E-state index contributed by atoms with van der Waals surface area (Å²) in [6, 6.07) is 128. The van der Waals surface area contributed by atoms with E-state index in [9.17, 15) is 0 Å². The van der Waals surface area contributed by atoms with Gasteiger partial charge in [0, 0.05) is 93.1 Å². The molecule has 0 radical (unpaired) electrons. The second-order valence-electron chi connectivity index (χ2n) is 28.0. The molecule has 6 aromatic heterocycles. The lowest BCUT2D eigenvalue weighted by Crippen LogP contribution is -2.01. The molecule has 0 fully saturated rings. The Bertz CT molecular complexity index is 7410. The predicted octanol–water partition coefficient (Wildman–Crippen LogP) is 25.9. The van der Waals surface area contributed by atoms with Crippen molar-refractivity contribution in [3.8, 4) is 124 Å². The van der Waals surface area contributed by atoms with Gasteiger partial charge in [0.2, 0.25) is 0 Å². The van der Waals surface area contributed by atoms with Gasteiger partial charge in [-0.3, -0.25) is 0 Å². The van der Waals surface area contributed by atoms with Crippen LogP contribution in [0.1, 0.15) is 0 Å². The predicted molar refractivity (Wildman–Crippen MR) is 448 cm³/mol. The van der Waals surface area contributed by atoms with Gasteiger partial charge in [0.15, 0.2) is 34.9 Å². The molecule has 6 heterocycles. The van der Waals surface area contributed by atoms with Crippen LogP contribution in [-0.4, -0.2) is 39.0 Å². The normalized spacial score (nSPS) is 11.8. The minimum absolute atomic E-state index is 0.568. The fraction of sp³-hybridized carbons (Fsp3) is 0. The van der Waals surface area contributed by atoms with Crippen molar-refractivity contribution in [1.82, 2.24) is 39.0 Å². The molecule has 22 aromatic rings. The molecule has 0 saturated heterocycles. The van der Waals surface area contributed by atoms with Gasteiger partial charge in [-0.1, -0.05) is 279 Å². The number of furan rings is 2. The first-order chi connectivity index (χ1) is 54.5. The number of rotatable bonds is 12. The summed E-state index contributed by atoms with van der Waals surface area (Å²) < 4.78 is 18.0. The molecule has 0 aliphatic heterocycles. The highest BCUT2D eigenvalue weighted by molar-refractivity contribution is 6.16. The number of fused-ring (bicyclic) bond motifs is 13. The van der Waals surface area contributed by atoms with Crippen molar-refractivity contribution >= 4 is 98.3 Å². The van der Waals surface area contributed by atoms with E-state index in [-0.39, 0.29) is 0 Å². The molecule has 10 nitrogen and oxygen atoms in total. The van der Waals surface area contributed by atoms with Crippen molar-refractivity contribution in [1.29, 1.82) is 0 Å². The minimum Gasteiger partial charge on any atom is -0.456 e. The second kappa shape index (κ2) is 25.4. The van der Waals surface area contributed by atoms with Gasteiger partial charge in [0.1, 0.15) is 22.3 Å². The van der Waals surface area contributed by atoms with Gasteiger partial charge in [-0.05, 0) is 129 Å². The second-order valence-corrected chi connectivity index (χ2v) is 28.0. The molecule has 0 aliphatic carbocycles. The van der Waals surface area contributed by atoms with Crippen LogP contribution in [0.2, 0.25) is 0 Å².